The molecule has 0 radical (unpaired) electrons. The van der Waals surface area contributed by atoms with E-state index >= 15 is 0 Å². The van der Waals surface area contributed by atoms with Gasteiger partial charge in [0.05, 0.1) is 16.8 Å². The number of likely N-dealkylation sites (tertiary alicyclic amines) is 1. The van der Waals surface area contributed by atoms with Crippen LogP contribution in [0.5, 0.6) is 0 Å². The maximum Gasteiger partial charge on any atom is 0.255 e. The van der Waals surface area contributed by atoms with Gasteiger partial charge in [0.2, 0.25) is 10.0 Å². The summed E-state index contributed by atoms with van der Waals surface area (Å²) in [6.07, 6.45) is 3.94. The van der Waals surface area contributed by atoms with Crippen molar-refractivity contribution >= 4 is 26.8 Å². The number of hydrogen-bond acceptors (Lipinski definition) is 4. The Morgan fingerprint density at radius 3 is 2.80 bits per heavy atom. The largest absolute Gasteiger partial charge is 0.337 e. The molecule has 132 valence electrons. The summed E-state index contributed by atoms with van der Waals surface area (Å²) in [4.78, 5) is 19.0. The third-order valence-corrected chi connectivity index (χ3v) is 7.07. The smallest absolute Gasteiger partial charge is 0.255 e. The quantitative estimate of drug-likeness (QED) is 0.821. The average Bonchev–Trinajstić information content (AvgIpc) is 3.00. The summed E-state index contributed by atoms with van der Waals surface area (Å²) in [6.45, 7) is 1.70. The van der Waals surface area contributed by atoms with Gasteiger partial charge in [-0.05, 0) is 31.4 Å². The maximum atomic E-state index is 12.9. The Morgan fingerprint density at radius 1 is 1.16 bits per heavy atom. The molecule has 2 aromatic rings. The number of benzene rings is 1. The van der Waals surface area contributed by atoms with Crippen LogP contribution in [0.1, 0.15) is 29.6 Å². The summed E-state index contributed by atoms with van der Waals surface area (Å²) in [5.74, 6) is 0.158. The number of piperidine rings is 1. The molecule has 1 amide bonds. The normalized spacial score (nSPS) is 23.8. The van der Waals surface area contributed by atoms with Crippen molar-refractivity contribution < 1.29 is 13.2 Å². The molecule has 0 aliphatic carbocycles. The van der Waals surface area contributed by atoms with Gasteiger partial charge < -0.3 is 4.90 Å². The van der Waals surface area contributed by atoms with Crippen molar-refractivity contribution in [1.29, 1.82) is 0 Å². The Labute approximate surface area is 147 Å². The molecule has 2 saturated heterocycles. The number of nitrogens with zero attached hydrogens (tertiary/aromatic N) is 3. The Bertz CT molecular complexity index is 913. The van der Waals surface area contributed by atoms with Crippen LogP contribution in [0.15, 0.2) is 36.5 Å². The standard InChI is InChI=1S/C18H21N3O3S/c22-18(15-11-14-5-1-2-7-17(14)19-12-15)20-8-3-6-16(13-20)21-9-4-10-25(21,23)24/h1-2,5,7,11-12,16H,3-4,6,8-10,13H2. The van der Waals surface area contributed by atoms with E-state index < -0.39 is 10.0 Å². The molecule has 4 rings (SSSR count). The van der Waals surface area contributed by atoms with E-state index in [1.54, 1.807) is 15.4 Å². The zero-order valence-electron chi connectivity index (χ0n) is 14.0. The molecule has 0 N–H and O–H groups in total. The highest BCUT2D eigenvalue weighted by atomic mass is 32.2. The van der Waals surface area contributed by atoms with Crippen LogP contribution in [0.4, 0.5) is 0 Å². The van der Waals surface area contributed by atoms with E-state index in [1.807, 2.05) is 30.3 Å². The second kappa shape index (κ2) is 6.38. The Hall–Kier alpha value is -1.99. The van der Waals surface area contributed by atoms with Crippen LogP contribution in [0, 0.1) is 0 Å². The van der Waals surface area contributed by atoms with Gasteiger partial charge in [-0.2, -0.15) is 4.31 Å². The minimum Gasteiger partial charge on any atom is -0.337 e. The lowest BCUT2D eigenvalue weighted by atomic mass is 10.0. The van der Waals surface area contributed by atoms with Gasteiger partial charge in [-0.15, -0.1) is 0 Å². The van der Waals surface area contributed by atoms with Crippen LogP contribution < -0.4 is 0 Å². The third-order valence-electron chi connectivity index (χ3n) is 5.07. The van der Waals surface area contributed by atoms with Crippen molar-refractivity contribution in [1.82, 2.24) is 14.2 Å². The molecule has 25 heavy (non-hydrogen) atoms. The molecule has 2 aliphatic rings. The molecule has 0 bridgehead atoms. The molecule has 1 unspecified atom stereocenters. The highest BCUT2D eigenvalue weighted by Crippen LogP contribution is 2.25. The van der Waals surface area contributed by atoms with Crippen molar-refractivity contribution in [2.75, 3.05) is 25.4 Å². The molecule has 1 aromatic heterocycles. The van der Waals surface area contributed by atoms with Crippen LogP contribution >= 0.6 is 0 Å². The lowest BCUT2D eigenvalue weighted by Crippen LogP contribution is -2.50. The summed E-state index contributed by atoms with van der Waals surface area (Å²) >= 11 is 0. The number of amides is 1. The molecule has 2 aliphatic heterocycles. The molecule has 6 nitrogen and oxygen atoms in total. The van der Waals surface area contributed by atoms with Gasteiger partial charge in [0.15, 0.2) is 0 Å². The van der Waals surface area contributed by atoms with Gasteiger partial charge in [0, 0.05) is 37.3 Å². The number of para-hydroxylation sites is 1. The van der Waals surface area contributed by atoms with Crippen LogP contribution in [0.2, 0.25) is 0 Å². The molecular formula is C18H21N3O3S. The Morgan fingerprint density at radius 2 is 2.00 bits per heavy atom. The molecular weight excluding hydrogens is 338 g/mol. The second-order valence-corrected chi connectivity index (χ2v) is 8.79. The van der Waals surface area contributed by atoms with Crippen LogP contribution in [0.3, 0.4) is 0 Å². The molecule has 0 saturated carbocycles. The van der Waals surface area contributed by atoms with Gasteiger partial charge in [0.25, 0.3) is 5.91 Å². The van der Waals surface area contributed by atoms with E-state index in [1.165, 1.54) is 0 Å². The monoisotopic (exact) mass is 359 g/mol. The number of rotatable bonds is 2. The molecule has 7 heteroatoms. The van der Waals surface area contributed by atoms with Crippen molar-refractivity contribution in [3.05, 3.63) is 42.1 Å². The molecule has 1 aromatic carbocycles. The number of sulfonamides is 1. The number of carbonyl (C=O) groups excluding carboxylic acids is 1. The van der Waals surface area contributed by atoms with Gasteiger partial charge in [-0.3, -0.25) is 9.78 Å². The van der Waals surface area contributed by atoms with Crippen molar-refractivity contribution in [2.45, 2.75) is 25.3 Å². The van der Waals surface area contributed by atoms with Crippen molar-refractivity contribution in [2.24, 2.45) is 0 Å². The maximum absolute atomic E-state index is 12.9. The Kier molecular flexibility index (Phi) is 4.21. The SMILES string of the molecule is O=C(c1cnc2ccccc2c1)N1CCCC(N2CCCS2(=O)=O)C1. The number of aromatic nitrogens is 1. The second-order valence-electron chi connectivity index (χ2n) is 6.74. The van der Waals surface area contributed by atoms with E-state index in [-0.39, 0.29) is 17.7 Å². The number of pyridine rings is 1. The van der Waals surface area contributed by atoms with E-state index in [0.29, 0.717) is 31.6 Å². The fourth-order valence-electron chi connectivity index (χ4n) is 3.81. The highest BCUT2D eigenvalue weighted by molar-refractivity contribution is 7.89. The first kappa shape index (κ1) is 16.5. The Balaban J connectivity index is 1.55. The van der Waals surface area contributed by atoms with E-state index in [0.717, 1.165) is 23.7 Å². The number of carbonyl (C=O) groups is 1. The summed E-state index contributed by atoms with van der Waals surface area (Å²) in [7, 11) is -3.15. The fourth-order valence-corrected chi connectivity index (χ4v) is 5.58. The first-order valence-electron chi connectivity index (χ1n) is 8.68. The fraction of sp³-hybridized carbons (Fsp3) is 0.444. The van der Waals surface area contributed by atoms with Crippen LogP contribution in [0.25, 0.3) is 10.9 Å². The molecule has 0 spiro atoms. The van der Waals surface area contributed by atoms with Crippen molar-refractivity contribution in [3.8, 4) is 0 Å². The zero-order valence-corrected chi connectivity index (χ0v) is 14.8. The van der Waals surface area contributed by atoms with Crippen molar-refractivity contribution in [3.63, 3.8) is 0 Å². The first-order valence-corrected chi connectivity index (χ1v) is 10.3. The van der Waals surface area contributed by atoms with E-state index in [9.17, 15) is 13.2 Å². The first-order chi connectivity index (χ1) is 12.0. The third kappa shape index (κ3) is 3.14. The zero-order chi connectivity index (χ0) is 17.4. The lowest BCUT2D eigenvalue weighted by Gasteiger charge is -2.36. The number of fused-ring (bicyclic) bond motifs is 1. The molecule has 2 fully saturated rings. The van der Waals surface area contributed by atoms with Crippen LogP contribution in [-0.2, 0) is 10.0 Å². The van der Waals surface area contributed by atoms with Gasteiger partial charge in [-0.1, -0.05) is 18.2 Å². The molecule has 3 heterocycles. The average molecular weight is 359 g/mol. The minimum absolute atomic E-state index is 0.0699. The van der Waals surface area contributed by atoms with Gasteiger partial charge in [0.1, 0.15) is 0 Å². The summed E-state index contributed by atoms with van der Waals surface area (Å²) < 4.78 is 25.9. The topological polar surface area (TPSA) is 70.6 Å². The van der Waals surface area contributed by atoms with Crippen LogP contribution in [-0.4, -0.2) is 59.9 Å². The highest BCUT2D eigenvalue weighted by Gasteiger charge is 2.37. The van der Waals surface area contributed by atoms with E-state index in [4.69, 9.17) is 0 Å². The summed E-state index contributed by atoms with van der Waals surface area (Å²) in [5.41, 5.74) is 1.42. The van der Waals surface area contributed by atoms with E-state index in [2.05, 4.69) is 4.98 Å². The lowest BCUT2D eigenvalue weighted by molar-refractivity contribution is 0.0658. The predicted octanol–water partition coefficient (Wildman–Crippen LogP) is 1.87. The molecule has 1 atom stereocenters. The minimum atomic E-state index is -3.15. The summed E-state index contributed by atoms with van der Waals surface area (Å²) in [5, 5.41) is 0.934. The van der Waals surface area contributed by atoms with Gasteiger partial charge in [-0.25, -0.2) is 8.42 Å². The number of hydrogen-bond donors (Lipinski definition) is 0. The van der Waals surface area contributed by atoms with Gasteiger partial charge >= 0.3 is 0 Å². The summed E-state index contributed by atoms with van der Waals surface area (Å²) in [6, 6.07) is 9.46. The predicted molar refractivity (Wildman–Crippen MR) is 95.8 cm³/mol.